The molecule has 16 heavy (non-hydrogen) atoms. The summed E-state index contributed by atoms with van der Waals surface area (Å²) < 4.78 is 75.4. The molecule has 0 bridgehead atoms. The zero-order chi connectivity index (χ0) is 12.5. The molecule has 3 nitrogen and oxygen atoms in total. The highest BCUT2D eigenvalue weighted by atomic mass is 19.4. The summed E-state index contributed by atoms with van der Waals surface area (Å²) in [6.07, 6.45) is -8.32. The molecule has 0 radical (unpaired) electrons. The van der Waals surface area contributed by atoms with E-state index in [9.17, 15) is 26.3 Å². The number of ether oxygens (including phenoxy) is 1. The third-order valence-corrected chi connectivity index (χ3v) is 1.42. The van der Waals surface area contributed by atoms with Gasteiger partial charge >= 0.3 is 6.36 Å². The van der Waals surface area contributed by atoms with E-state index in [0.29, 0.717) is 0 Å². The van der Waals surface area contributed by atoms with Gasteiger partial charge in [0.05, 0.1) is 0 Å². The second-order valence-corrected chi connectivity index (χ2v) is 2.59. The van der Waals surface area contributed by atoms with Crippen molar-refractivity contribution in [1.29, 1.82) is 0 Å². The van der Waals surface area contributed by atoms with Gasteiger partial charge in [-0.25, -0.2) is 18.2 Å². The number of hydrogen-bond acceptors (Lipinski definition) is 3. The third-order valence-electron chi connectivity index (χ3n) is 1.42. The van der Waals surface area contributed by atoms with Crippen LogP contribution in [0.5, 0.6) is 5.75 Å². The van der Waals surface area contributed by atoms with Crippen molar-refractivity contribution in [2.75, 3.05) is 5.73 Å². The van der Waals surface area contributed by atoms with Crippen molar-refractivity contribution >= 4 is 5.82 Å². The quantitative estimate of drug-likeness (QED) is 0.816. The summed E-state index contributed by atoms with van der Waals surface area (Å²) in [5.41, 5.74) is 3.79. The molecule has 1 aromatic heterocycles. The lowest BCUT2D eigenvalue weighted by Gasteiger charge is -2.12. The summed E-state index contributed by atoms with van der Waals surface area (Å²) >= 11 is 0. The van der Waals surface area contributed by atoms with Crippen molar-refractivity contribution in [1.82, 2.24) is 4.98 Å². The number of nitrogens with two attached hydrogens (primary N) is 1. The van der Waals surface area contributed by atoms with E-state index in [2.05, 4.69) is 9.72 Å². The molecule has 2 N–H and O–H groups in total. The van der Waals surface area contributed by atoms with Gasteiger partial charge in [-0.3, -0.25) is 0 Å². The number of nitrogen functional groups attached to an aromatic ring is 1. The maximum absolute atomic E-state index is 12.9. The van der Waals surface area contributed by atoms with Gasteiger partial charge in [0, 0.05) is 6.07 Å². The Morgan fingerprint density at radius 1 is 1.31 bits per heavy atom. The van der Waals surface area contributed by atoms with Crippen LogP contribution in [0.25, 0.3) is 0 Å². The first-order valence-corrected chi connectivity index (χ1v) is 3.70. The van der Waals surface area contributed by atoms with Crippen LogP contribution in [-0.2, 0) is 0 Å². The molecule has 0 saturated carbocycles. The van der Waals surface area contributed by atoms with Gasteiger partial charge in [-0.1, -0.05) is 0 Å². The minimum Gasteiger partial charge on any atom is -0.399 e. The van der Waals surface area contributed by atoms with Crippen LogP contribution in [0, 0.1) is 5.82 Å². The van der Waals surface area contributed by atoms with Gasteiger partial charge < -0.3 is 10.5 Å². The highest BCUT2D eigenvalue weighted by Crippen LogP contribution is 2.32. The molecule has 0 saturated heterocycles. The summed E-state index contributed by atoms with van der Waals surface area (Å²) in [6, 6.07) is 0.127. The smallest absolute Gasteiger partial charge is 0.399 e. The number of pyridine rings is 1. The second-order valence-electron chi connectivity index (χ2n) is 2.59. The van der Waals surface area contributed by atoms with Crippen LogP contribution in [0.4, 0.5) is 32.2 Å². The standard InChI is InChI=1S/C7H4F6N2O/c8-2-1-3(5(9)10)15-6(14)4(2)16-7(11,12)13/h1,5H,(H2,14,15). The fraction of sp³-hybridized carbons (Fsp3) is 0.286. The van der Waals surface area contributed by atoms with Gasteiger partial charge in [0.2, 0.25) is 5.75 Å². The molecule has 0 aliphatic rings. The van der Waals surface area contributed by atoms with Gasteiger partial charge in [-0.15, -0.1) is 13.2 Å². The summed E-state index contributed by atoms with van der Waals surface area (Å²) in [6.45, 7) is 0. The molecule has 90 valence electrons. The van der Waals surface area contributed by atoms with E-state index in [1.54, 1.807) is 0 Å². The molecule has 0 atom stereocenters. The lowest BCUT2D eigenvalue weighted by molar-refractivity contribution is -0.275. The number of aromatic nitrogens is 1. The Balaban J connectivity index is 3.13. The topological polar surface area (TPSA) is 48.1 Å². The number of hydrogen-bond donors (Lipinski definition) is 1. The van der Waals surface area contributed by atoms with E-state index >= 15 is 0 Å². The van der Waals surface area contributed by atoms with Crippen LogP contribution < -0.4 is 10.5 Å². The first-order valence-electron chi connectivity index (χ1n) is 3.70. The van der Waals surface area contributed by atoms with E-state index in [1.165, 1.54) is 0 Å². The molecule has 1 heterocycles. The average molecular weight is 246 g/mol. The SMILES string of the molecule is Nc1nc(C(F)F)cc(F)c1OC(F)(F)F. The van der Waals surface area contributed by atoms with Crippen molar-refractivity contribution in [2.24, 2.45) is 0 Å². The Hall–Kier alpha value is -1.67. The van der Waals surface area contributed by atoms with Crippen LogP contribution in [-0.4, -0.2) is 11.3 Å². The Morgan fingerprint density at radius 3 is 2.25 bits per heavy atom. The average Bonchev–Trinajstić information content (AvgIpc) is 2.09. The van der Waals surface area contributed by atoms with Crippen molar-refractivity contribution in [3.05, 3.63) is 17.6 Å². The van der Waals surface area contributed by atoms with Crippen LogP contribution >= 0.6 is 0 Å². The van der Waals surface area contributed by atoms with E-state index in [0.717, 1.165) is 0 Å². The minimum absolute atomic E-state index is 0.127. The summed E-state index contributed by atoms with van der Waals surface area (Å²) in [5.74, 6) is -4.16. The molecular weight excluding hydrogens is 242 g/mol. The van der Waals surface area contributed by atoms with Crippen LogP contribution in [0.2, 0.25) is 0 Å². The van der Waals surface area contributed by atoms with Crippen LogP contribution in [0.1, 0.15) is 12.1 Å². The van der Waals surface area contributed by atoms with E-state index in [4.69, 9.17) is 5.73 Å². The van der Waals surface area contributed by atoms with Crippen molar-refractivity contribution in [3.63, 3.8) is 0 Å². The zero-order valence-corrected chi connectivity index (χ0v) is 7.36. The van der Waals surface area contributed by atoms with E-state index in [-0.39, 0.29) is 6.07 Å². The lowest BCUT2D eigenvalue weighted by atomic mass is 10.3. The van der Waals surface area contributed by atoms with Crippen molar-refractivity contribution in [2.45, 2.75) is 12.8 Å². The number of halogens is 6. The Bertz CT molecular complexity index is 368. The number of rotatable bonds is 2. The summed E-state index contributed by atoms with van der Waals surface area (Å²) in [7, 11) is 0. The normalized spacial score (nSPS) is 11.9. The van der Waals surface area contributed by atoms with Gasteiger partial charge in [0.1, 0.15) is 5.69 Å². The predicted octanol–water partition coefficient (Wildman–Crippen LogP) is 2.64. The minimum atomic E-state index is -5.18. The molecular formula is C7H4F6N2O. The molecule has 0 amide bonds. The fourth-order valence-corrected chi connectivity index (χ4v) is 0.868. The third kappa shape index (κ3) is 2.91. The maximum atomic E-state index is 12.9. The summed E-state index contributed by atoms with van der Waals surface area (Å²) in [5, 5.41) is 0. The molecule has 0 aliphatic heterocycles. The first-order chi connectivity index (χ1) is 7.20. The predicted molar refractivity (Wildman–Crippen MR) is 40.2 cm³/mol. The highest BCUT2D eigenvalue weighted by Gasteiger charge is 2.34. The van der Waals surface area contributed by atoms with E-state index in [1.807, 2.05) is 0 Å². The van der Waals surface area contributed by atoms with Gasteiger partial charge in [-0.2, -0.15) is 0 Å². The lowest BCUT2D eigenvalue weighted by Crippen LogP contribution is -2.19. The molecule has 0 aromatic carbocycles. The molecule has 1 rings (SSSR count). The van der Waals surface area contributed by atoms with Gasteiger partial charge in [-0.05, 0) is 0 Å². The van der Waals surface area contributed by atoms with Gasteiger partial charge in [0.25, 0.3) is 6.43 Å². The summed E-state index contributed by atoms with van der Waals surface area (Å²) in [4.78, 5) is 2.88. The highest BCUT2D eigenvalue weighted by molar-refractivity contribution is 5.47. The number of alkyl halides is 5. The molecule has 1 aromatic rings. The number of nitrogens with zero attached hydrogens (tertiary/aromatic N) is 1. The molecule has 9 heteroatoms. The molecule has 0 unspecified atom stereocenters. The van der Waals surface area contributed by atoms with Gasteiger partial charge in [0.15, 0.2) is 11.6 Å². The van der Waals surface area contributed by atoms with Crippen molar-refractivity contribution in [3.8, 4) is 5.75 Å². The first kappa shape index (κ1) is 12.4. The molecule has 0 spiro atoms. The van der Waals surface area contributed by atoms with Crippen molar-refractivity contribution < 1.29 is 31.1 Å². The van der Waals surface area contributed by atoms with E-state index < -0.39 is 35.9 Å². The van der Waals surface area contributed by atoms with Crippen LogP contribution in [0.3, 0.4) is 0 Å². The maximum Gasteiger partial charge on any atom is 0.573 e. The fourth-order valence-electron chi connectivity index (χ4n) is 0.868. The Morgan fingerprint density at radius 2 is 1.88 bits per heavy atom. The monoisotopic (exact) mass is 246 g/mol. The Kier molecular flexibility index (Phi) is 3.15. The largest absolute Gasteiger partial charge is 0.573 e. The molecule has 0 fully saturated rings. The molecule has 0 aliphatic carbocycles. The zero-order valence-electron chi connectivity index (χ0n) is 7.36. The second kappa shape index (κ2) is 4.06. The number of anilines is 1. The van der Waals surface area contributed by atoms with Crippen LogP contribution in [0.15, 0.2) is 6.07 Å². The Labute approximate surface area is 84.8 Å².